The molecule has 3 fully saturated rings. The topological polar surface area (TPSA) is 133 Å². The maximum atomic E-state index is 12.8. The number of piperidine rings is 1. The zero-order valence-corrected chi connectivity index (χ0v) is 20.0. The predicted octanol–water partition coefficient (Wildman–Crippen LogP) is 2.54. The summed E-state index contributed by atoms with van der Waals surface area (Å²) in [6, 6.07) is 2.94. The van der Waals surface area contributed by atoms with Gasteiger partial charge in [0.05, 0.1) is 11.6 Å². The Labute approximate surface area is 210 Å². The fraction of sp³-hybridized carbons (Fsp3) is 0.625. The van der Waals surface area contributed by atoms with Gasteiger partial charge in [0.1, 0.15) is 12.1 Å². The zero-order valence-electron chi connectivity index (χ0n) is 20.0. The molecule has 2 aromatic rings. The van der Waals surface area contributed by atoms with Crippen LogP contribution in [0.5, 0.6) is 0 Å². The number of halogens is 3. The lowest BCUT2D eigenvalue weighted by Crippen LogP contribution is -2.50. The van der Waals surface area contributed by atoms with Gasteiger partial charge in [-0.3, -0.25) is 14.5 Å². The average Bonchev–Trinajstić information content (AvgIpc) is 3.51. The Kier molecular flexibility index (Phi) is 6.92. The Morgan fingerprint density at radius 2 is 1.78 bits per heavy atom. The van der Waals surface area contributed by atoms with Crippen LogP contribution in [0, 0.1) is 17.8 Å². The number of aliphatic carboxylic acids is 2. The first kappa shape index (κ1) is 25.6. The number of alkyl halides is 3. The SMILES string of the molecule is O=C(O)C1CC2CC(CN3CC(n4nnc(-c5ccc(C(F)(F)F)cc5)n4)CC3C(=O)O)CCC2CN1. The first-order chi connectivity index (χ1) is 17.6. The molecule has 6 atom stereocenters. The van der Waals surface area contributed by atoms with Crippen molar-refractivity contribution in [3.63, 3.8) is 0 Å². The number of fused-ring (bicyclic) bond motifs is 1. The van der Waals surface area contributed by atoms with Crippen molar-refractivity contribution in [1.82, 2.24) is 30.4 Å². The second kappa shape index (κ2) is 10.0. The molecule has 37 heavy (non-hydrogen) atoms. The van der Waals surface area contributed by atoms with E-state index in [1.807, 2.05) is 4.90 Å². The number of nitrogens with one attached hydrogen (secondary N) is 1. The molecule has 2 aliphatic heterocycles. The fourth-order valence-electron chi connectivity index (χ4n) is 6.16. The molecule has 6 unspecified atom stereocenters. The highest BCUT2D eigenvalue weighted by Gasteiger charge is 2.42. The van der Waals surface area contributed by atoms with Gasteiger partial charge in [0.25, 0.3) is 0 Å². The van der Waals surface area contributed by atoms with Gasteiger partial charge in [-0.1, -0.05) is 12.1 Å². The van der Waals surface area contributed by atoms with E-state index in [0.29, 0.717) is 49.9 Å². The lowest BCUT2D eigenvalue weighted by Gasteiger charge is -2.42. The average molecular weight is 523 g/mol. The van der Waals surface area contributed by atoms with Gasteiger partial charge in [-0.25, -0.2) is 0 Å². The smallest absolute Gasteiger partial charge is 0.416 e. The van der Waals surface area contributed by atoms with Crippen LogP contribution in [-0.4, -0.2) is 79.0 Å². The molecule has 1 aromatic carbocycles. The molecular weight excluding hydrogens is 493 g/mol. The van der Waals surface area contributed by atoms with Crippen molar-refractivity contribution in [2.45, 2.75) is 56.4 Å². The number of carboxylic acid groups (broad SMARTS) is 2. The van der Waals surface area contributed by atoms with Gasteiger partial charge in [-0.15, -0.1) is 10.2 Å². The monoisotopic (exact) mass is 522 g/mol. The Morgan fingerprint density at radius 1 is 1.03 bits per heavy atom. The summed E-state index contributed by atoms with van der Waals surface area (Å²) in [6.07, 6.45) is -0.714. The van der Waals surface area contributed by atoms with Crippen LogP contribution in [0.3, 0.4) is 0 Å². The first-order valence-electron chi connectivity index (χ1n) is 12.5. The maximum Gasteiger partial charge on any atom is 0.416 e. The van der Waals surface area contributed by atoms with Crippen molar-refractivity contribution in [2.75, 3.05) is 19.6 Å². The standard InChI is InChI=1S/C24H29F3N6O4/c25-24(26,27)17-5-3-14(4-6-17)21-29-31-33(30-21)18-9-20(23(36)37)32(12-18)11-13-1-2-15-10-28-19(22(34)35)8-16(15)7-13/h3-6,13,15-16,18-20,28H,1-2,7-12H2,(H,34,35)(H,36,37). The Bertz CT molecular complexity index is 1140. The molecule has 1 aliphatic carbocycles. The third-order valence-corrected chi connectivity index (χ3v) is 8.10. The molecule has 0 bridgehead atoms. The number of hydrogen-bond donors (Lipinski definition) is 3. The summed E-state index contributed by atoms with van der Waals surface area (Å²) in [5.41, 5.74) is -0.376. The van der Waals surface area contributed by atoms with E-state index in [-0.39, 0.29) is 17.8 Å². The van der Waals surface area contributed by atoms with Gasteiger partial charge in [0, 0.05) is 18.7 Å². The van der Waals surface area contributed by atoms with Crippen molar-refractivity contribution in [1.29, 1.82) is 0 Å². The lowest BCUT2D eigenvalue weighted by atomic mass is 9.69. The summed E-state index contributed by atoms with van der Waals surface area (Å²) in [5, 5.41) is 34.7. The number of rotatable bonds is 6. The number of hydrogen-bond acceptors (Lipinski definition) is 7. The van der Waals surface area contributed by atoms with E-state index < -0.39 is 35.8 Å². The van der Waals surface area contributed by atoms with E-state index in [2.05, 4.69) is 20.7 Å². The number of likely N-dealkylation sites (tertiary alicyclic amines) is 1. The van der Waals surface area contributed by atoms with Crippen molar-refractivity contribution >= 4 is 11.9 Å². The lowest BCUT2D eigenvalue weighted by molar-refractivity contribution is -0.143. The van der Waals surface area contributed by atoms with Gasteiger partial charge in [0.15, 0.2) is 0 Å². The van der Waals surface area contributed by atoms with Crippen LogP contribution < -0.4 is 5.32 Å². The van der Waals surface area contributed by atoms with Crippen LogP contribution in [0.15, 0.2) is 24.3 Å². The van der Waals surface area contributed by atoms with Crippen molar-refractivity contribution in [2.24, 2.45) is 17.8 Å². The number of benzene rings is 1. The Balaban J connectivity index is 1.24. The van der Waals surface area contributed by atoms with Crippen LogP contribution in [0.25, 0.3) is 11.4 Å². The molecule has 0 spiro atoms. The van der Waals surface area contributed by atoms with Gasteiger partial charge in [-0.2, -0.15) is 18.0 Å². The summed E-state index contributed by atoms with van der Waals surface area (Å²) in [4.78, 5) is 26.8. The highest BCUT2D eigenvalue weighted by atomic mass is 19.4. The van der Waals surface area contributed by atoms with Crippen LogP contribution in [0.2, 0.25) is 0 Å². The van der Waals surface area contributed by atoms with Gasteiger partial charge in [0.2, 0.25) is 5.82 Å². The van der Waals surface area contributed by atoms with E-state index in [1.54, 1.807) is 0 Å². The van der Waals surface area contributed by atoms with Gasteiger partial charge >= 0.3 is 18.1 Å². The summed E-state index contributed by atoms with van der Waals surface area (Å²) in [6.45, 7) is 1.73. The van der Waals surface area contributed by atoms with E-state index >= 15 is 0 Å². The van der Waals surface area contributed by atoms with Gasteiger partial charge in [-0.05, 0) is 73.7 Å². The summed E-state index contributed by atoms with van der Waals surface area (Å²) < 4.78 is 38.5. The van der Waals surface area contributed by atoms with E-state index in [0.717, 1.165) is 31.4 Å². The quantitative estimate of drug-likeness (QED) is 0.523. The van der Waals surface area contributed by atoms with Crippen LogP contribution in [0.4, 0.5) is 13.2 Å². The number of carbonyl (C=O) groups is 2. The van der Waals surface area contributed by atoms with Crippen LogP contribution in [-0.2, 0) is 15.8 Å². The highest BCUT2D eigenvalue weighted by Crippen LogP contribution is 2.40. The number of aromatic nitrogens is 4. The highest BCUT2D eigenvalue weighted by molar-refractivity contribution is 5.74. The molecule has 1 saturated carbocycles. The zero-order chi connectivity index (χ0) is 26.3. The van der Waals surface area contributed by atoms with Gasteiger partial charge < -0.3 is 15.5 Å². The second-order valence-electron chi connectivity index (χ2n) is 10.4. The third kappa shape index (κ3) is 5.47. The molecule has 3 aliphatic rings. The maximum absolute atomic E-state index is 12.8. The molecule has 1 aromatic heterocycles. The van der Waals surface area contributed by atoms with Crippen molar-refractivity contribution in [3.8, 4) is 11.4 Å². The van der Waals surface area contributed by atoms with Crippen LogP contribution in [0.1, 0.15) is 43.7 Å². The summed E-state index contributed by atoms with van der Waals surface area (Å²) in [7, 11) is 0. The molecule has 3 N–H and O–H groups in total. The molecule has 2 saturated heterocycles. The molecule has 5 rings (SSSR count). The summed E-state index contributed by atoms with van der Waals surface area (Å²) >= 11 is 0. The first-order valence-corrected chi connectivity index (χ1v) is 12.5. The fourth-order valence-corrected chi connectivity index (χ4v) is 6.16. The molecule has 200 valence electrons. The predicted molar refractivity (Wildman–Crippen MR) is 123 cm³/mol. The van der Waals surface area contributed by atoms with E-state index in [4.69, 9.17) is 0 Å². The Morgan fingerprint density at radius 3 is 2.46 bits per heavy atom. The van der Waals surface area contributed by atoms with Crippen LogP contribution >= 0.6 is 0 Å². The molecule has 13 heteroatoms. The minimum atomic E-state index is -4.44. The number of tetrazole rings is 1. The second-order valence-corrected chi connectivity index (χ2v) is 10.4. The molecule has 3 heterocycles. The minimum Gasteiger partial charge on any atom is -0.480 e. The van der Waals surface area contributed by atoms with E-state index in [9.17, 15) is 33.0 Å². The number of carboxylic acids is 2. The van der Waals surface area contributed by atoms with E-state index in [1.165, 1.54) is 16.9 Å². The van der Waals surface area contributed by atoms with Crippen molar-refractivity contribution in [3.05, 3.63) is 29.8 Å². The molecule has 0 radical (unpaired) electrons. The third-order valence-electron chi connectivity index (χ3n) is 8.10. The number of nitrogens with zero attached hydrogens (tertiary/aromatic N) is 5. The van der Waals surface area contributed by atoms with Crippen molar-refractivity contribution < 1.29 is 33.0 Å². The normalized spacial score (nSPS) is 30.7. The minimum absolute atomic E-state index is 0.177. The summed E-state index contributed by atoms with van der Waals surface area (Å²) in [5.74, 6) is -0.531. The largest absolute Gasteiger partial charge is 0.480 e. The molecule has 10 nitrogen and oxygen atoms in total. The molecular formula is C24H29F3N6O4. The molecule has 0 amide bonds. The Hall–Kier alpha value is -3.06.